The van der Waals surface area contributed by atoms with Gasteiger partial charge < -0.3 is 26.4 Å². The Balaban J connectivity index is 2.25. The Labute approximate surface area is 128 Å². The first kappa shape index (κ1) is 15.4. The van der Waals surface area contributed by atoms with Crippen LogP contribution in [0.1, 0.15) is 6.23 Å². The summed E-state index contributed by atoms with van der Waals surface area (Å²) in [6.07, 6.45) is 2.61. The number of terminal acetylenes is 1. The molecular weight excluding hydrogens is 309 g/mol. The maximum atomic E-state index is 14.1. The standard InChI is InChI=1S/C13H14FN5O4/c1-2-13(16)8(21)6(4-20)23-11(13)19-3-5(14)7-9(19)17-12(15)18-10(7)22/h1,3,6,8,11,20-21H,4,16H2,(H3,15,17,18,22). The molecule has 7 N–H and O–H groups in total. The van der Waals surface area contributed by atoms with Gasteiger partial charge >= 0.3 is 0 Å². The lowest BCUT2D eigenvalue weighted by Crippen LogP contribution is -2.53. The van der Waals surface area contributed by atoms with Crippen molar-refractivity contribution in [1.29, 1.82) is 0 Å². The summed E-state index contributed by atoms with van der Waals surface area (Å²) in [4.78, 5) is 17.9. The molecule has 0 spiro atoms. The number of nitrogen functional groups attached to an aromatic ring is 1. The van der Waals surface area contributed by atoms with E-state index in [-0.39, 0.29) is 17.0 Å². The molecule has 1 saturated heterocycles. The van der Waals surface area contributed by atoms with Gasteiger partial charge in [-0.2, -0.15) is 4.98 Å². The number of fused-ring (bicyclic) bond motifs is 1. The van der Waals surface area contributed by atoms with Gasteiger partial charge in [0.05, 0.1) is 6.61 Å². The molecular formula is C13H14FN5O4. The van der Waals surface area contributed by atoms with Crippen LogP contribution in [0.15, 0.2) is 11.0 Å². The summed E-state index contributed by atoms with van der Waals surface area (Å²) in [6.45, 7) is -0.546. The van der Waals surface area contributed by atoms with Crippen molar-refractivity contribution in [2.45, 2.75) is 24.0 Å². The molecule has 2 aromatic heterocycles. The Kier molecular flexibility index (Phi) is 3.38. The number of nitrogens with zero attached hydrogens (tertiary/aromatic N) is 2. The molecule has 3 rings (SSSR count). The van der Waals surface area contributed by atoms with Crippen LogP contribution in [0.2, 0.25) is 0 Å². The Bertz CT molecular complexity index is 872. The van der Waals surface area contributed by atoms with E-state index in [0.717, 1.165) is 10.8 Å². The number of aliphatic hydroxyl groups excluding tert-OH is 2. The summed E-state index contributed by atoms with van der Waals surface area (Å²) < 4.78 is 20.6. The third kappa shape index (κ3) is 2.02. The molecule has 0 aromatic carbocycles. The molecule has 0 amide bonds. The molecule has 9 nitrogen and oxygen atoms in total. The van der Waals surface area contributed by atoms with Gasteiger partial charge in [0.1, 0.15) is 17.6 Å². The van der Waals surface area contributed by atoms with Crippen LogP contribution in [0, 0.1) is 18.2 Å². The van der Waals surface area contributed by atoms with E-state index in [1.807, 2.05) is 0 Å². The van der Waals surface area contributed by atoms with Crippen LogP contribution in [0.3, 0.4) is 0 Å². The molecule has 0 aliphatic carbocycles. The van der Waals surface area contributed by atoms with Gasteiger partial charge in [-0.25, -0.2) is 4.39 Å². The van der Waals surface area contributed by atoms with Crippen LogP contribution < -0.4 is 17.0 Å². The number of ether oxygens (including phenoxy) is 1. The lowest BCUT2D eigenvalue weighted by Gasteiger charge is -2.27. The van der Waals surface area contributed by atoms with Crippen molar-refractivity contribution in [2.75, 3.05) is 12.3 Å². The summed E-state index contributed by atoms with van der Waals surface area (Å²) in [5.41, 5.74) is 8.82. The summed E-state index contributed by atoms with van der Waals surface area (Å²) in [6, 6.07) is 0. The predicted molar refractivity (Wildman–Crippen MR) is 77.5 cm³/mol. The second-order valence-corrected chi connectivity index (χ2v) is 5.27. The smallest absolute Gasteiger partial charge is 0.264 e. The first-order chi connectivity index (χ1) is 10.8. The van der Waals surface area contributed by atoms with Gasteiger partial charge in [0, 0.05) is 6.20 Å². The van der Waals surface area contributed by atoms with Crippen LogP contribution >= 0.6 is 0 Å². The van der Waals surface area contributed by atoms with Gasteiger partial charge in [-0.15, -0.1) is 6.42 Å². The van der Waals surface area contributed by atoms with E-state index < -0.39 is 42.0 Å². The van der Waals surface area contributed by atoms with Gasteiger partial charge in [0.2, 0.25) is 5.95 Å². The largest absolute Gasteiger partial charge is 0.394 e. The number of hydrogen-bond acceptors (Lipinski definition) is 7. The molecule has 1 aliphatic rings. The third-order valence-electron chi connectivity index (χ3n) is 3.89. The maximum Gasteiger partial charge on any atom is 0.264 e. The molecule has 4 unspecified atom stereocenters. The zero-order valence-corrected chi connectivity index (χ0v) is 11.7. The molecule has 1 fully saturated rings. The molecule has 0 radical (unpaired) electrons. The van der Waals surface area contributed by atoms with Gasteiger partial charge in [-0.3, -0.25) is 14.3 Å². The van der Waals surface area contributed by atoms with Crippen LogP contribution in [0.4, 0.5) is 10.3 Å². The normalized spacial score (nSPS) is 30.7. The summed E-state index contributed by atoms with van der Waals surface area (Å²) in [7, 11) is 0. The molecule has 122 valence electrons. The van der Waals surface area contributed by atoms with Gasteiger partial charge in [0.25, 0.3) is 5.56 Å². The highest BCUT2D eigenvalue weighted by Crippen LogP contribution is 2.38. The zero-order valence-electron chi connectivity index (χ0n) is 11.7. The summed E-state index contributed by atoms with van der Waals surface area (Å²) >= 11 is 0. The Hall–Kier alpha value is -2.45. The van der Waals surface area contributed by atoms with Crippen LogP contribution in [0.5, 0.6) is 0 Å². The highest BCUT2D eigenvalue weighted by Gasteiger charge is 2.54. The average Bonchev–Trinajstić information content (AvgIpc) is 2.95. The fourth-order valence-electron chi connectivity index (χ4n) is 2.71. The second-order valence-electron chi connectivity index (χ2n) is 5.27. The van der Waals surface area contributed by atoms with E-state index in [4.69, 9.17) is 22.6 Å². The highest BCUT2D eigenvalue weighted by molar-refractivity contribution is 5.77. The van der Waals surface area contributed by atoms with E-state index in [1.165, 1.54) is 0 Å². The minimum atomic E-state index is -1.76. The number of aliphatic hydroxyl groups is 2. The number of H-pyrrole nitrogens is 1. The van der Waals surface area contributed by atoms with Crippen molar-refractivity contribution in [3.8, 4) is 12.3 Å². The SMILES string of the molecule is C#CC1(N)C(O)C(CO)OC1n1cc(F)c2c(=O)[nH]c(N)nc21. The van der Waals surface area contributed by atoms with Crippen molar-refractivity contribution >= 4 is 17.0 Å². The van der Waals surface area contributed by atoms with Crippen LogP contribution in [-0.4, -0.2) is 49.1 Å². The lowest BCUT2D eigenvalue weighted by atomic mass is 9.92. The second kappa shape index (κ2) is 5.04. The summed E-state index contributed by atoms with van der Waals surface area (Å²) in [5.74, 6) is 1.10. The first-order valence-corrected chi connectivity index (χ1v) is 6.60. The predicted octanol–water partition coefficient (Wildman–Crippen LogP) is -1.97. The van der Waals surface area contributed by atoms with Crippen molar-refractivity contribution in [3.05, 3.63) is 22.4 Å². The number of nitrogens with two attached hydrogens (primary N) is 2. The number of hydrogen-bond donors (Lipinski definition) is 5. The van der Waals surface area contributed by atoms with E-state index in [0.29, 0.717) is 0 Å². The number of halogens is 1. The summed E-state index contributed by atoms with van der Waals surface area (Å²) in [5, 5.41) is 19.1. The molecule has 0 bridgehead atoms. The van der Waals surface area contributed by atoms with Crippen molar-refractivity contribution in [3.63, 3.8) is 0 Å². The van der Waals surface area contributed by atoms with Gasteiger partial charge in [0.15, 0.2) is 23.2 Å². The lowest BCUT2D eigenvalue weighted by molar-refractivity contribution is -0.0446. The van der Waals surface area contributed by atoms with Crippen LogP contribution in [0.25, 0.3) is 11.0 Å². The number of anilines is 1. The Morgan fingerprint density at radius 3 is 2.96 bits per heavy atom. The molecule has 0 saturated carbocycles. The zero-order chi connectivity index (χ0) is 16.9. The van der Waals surface area contributed by atoms with Crippen molar-refractivity contribution < 1.29 is 19.3 Å². The monoisotopic (exact) mass is 323 g/mol. The third-order valence-corrected chi connectivity index (χ3v) is 3.89. The van der Waals surface area contributed by atoms with Crippen molar-refractivity contribution in [1.82, 2.24) is 14.5 Å². The van der Waals surface area contributed by atoms with Gasteiger partial charge in [-0.1, -0.05) is 5.92 Å². The Morgan fingerprint density at radius 1 is 1.65 bits per heavy atom. The van der Waals surface area contributed by atoms with Gasteiger partial charge in [-0.05, 0) is 0 Å². The number of aromatic amines is 1. The minimum absolute atomic E-state index is 0.135. The molecule has 23 heavy (non-hydrogen) atoms. The number of aromatic nitrogens is 3. The van der Waals surface area contributed by atoms with Crippen LogP contribution in [-0.2, 0) is 4.74 Å². The molecule has 10 heteroatoms. The average molecular weight is 323 g/mol. The molecule has 2 aromatic rings. The van der Waals surface area contributed by atoms with E-state index >= 15 is 0 Å². The maximum absolute atomic E-state index is 14.1. The molecule has 1 aliphatic heterocycles. The number of rotatable bonds is 2. The van der Waals surface area contributed by atoms with E-state index in [9.17, 15) is 19.4 Å². The minimum Gasteiger partial charge on any atom is -0.394 e. The van der Waals surface area contributed by atoms with Crippen molar-refractivity contribution in [2.24, 2.45) is 5.73 Å². The highest BCUT2D eigenvalue weighted by atomic mass is 19.1. The topological polar surface area (TPSA) is 152 Å². The van der Waals surface area contributed by atoms with E-state index in [2.05, 4.69) is 15.9 Å². The van der Waals surface area contributed by atoms with E-state index in [1.54, 1.807) is 0 Å². The molecule has 3 heterocycles. The Morgan fingerprint density at radius 2 is 2.35 bits per heavy atom. The molecule has 4 atom stereocenters. The number of nitrogens with one attached hydrogen (secondary N) is 1. The quantitative estimate of drug-likeness (QED) is 0.402. The first-order valence-electron chi connectivity index (χ1n) is 6.60. The fraction of sp³-hybridized carbons (Fsp3) is 0.385. The fourth-order valence-corrected chi connectivity index (χ4v) is 2.71.